The number of Topliss-reactive ketones (excluding diaryl/α,β-unsaturated/α-hetero) is 1. The minimum Gasteiger partial charge on any atom is -0.489 e. The van der Waals surface area contributed by atoms with Gasteiger partial charge in [-0.15, -0.1) is 0 Å². The molecule has 4 aromatic rings. The Bertz CT molecular complexity index is 1310. The fourth-order valence-corrected chi connectivity index (χ4v) is 3.39. The second-order valence-corrected chi connectivity index (χ2v) is 7.62. The number of ketones is 1. The van der Waals surface area contributed by atoms with Crippen molar-refractivity contribution < 1.29 is 14.3 Å². The Kier molecular flexibility index (Phi) is 7.50. The van der Waals surface area contributed by atoms with Crippen LogP contribution in [0.4, 0.5) is 0 Å². The molecule has 0 spiro atoms. The van der Waals surface area contributed by atoms with Crippen LogP contribution in [0.15, 0.2) is 115 Å². The molecular formula is C30H23NO3. The van der Waals surface area contributed by atoms with Crippen molar-refractivity contribution in [1.29, 1.82) is 5.26 Å². The van der Waals surface area contributed by atoms with Crippen molar-refractivity contribution >= 4 is 11.9 Å². The summed E-state index contributed by atoms with van der Waals surface area (Å²) in [5.74, 6) is 0.506. The molecule has 0 aromatic heterocycles. The fraction of sp³-hybridized carbons (Fsp3) is 0.0667. The van der Waals surface area contributed by atoms with Gasteiger partial charge >= 0.3 is 0 Å². The Hall–Kier alpha value is -4.62. The molecule has 0 saturated heterocycles. The van der Waals surface area contributed by atoms with Gasteiger partial charge in [-0.2, -0.15) is 5.26 Å². The lowest BCUT2D eigenvalue weighted by Gasteiger charge is -2.13. The average molecular weight is 446 g/mol. The molecule has 4 heteroatoms. The van der Waals surface area contributed by atoms with Gasteiger partial charge in [-0.05, 0) is 41.0 Å². The van der Waals surface area contributed by atoms with Crippen molar-refractivity contribution in [3.63, 3.8) is 0 Å². The van der Waals surface area contributed by atoms with Gasteiger partial charge in [0.25, 0.3) is 0 Å². The largest absolute Gasteiger partial charge is 0.489 e. The Balaban J connectivity index is 1.63. The van der Waals surface area contributed by atoms with Crippen LogP contribution in [0.5, 0.6) is 11.5 Å². The van der Waals surface area contributed by atoms with Gasteiger partial charge in [0.2, 0.25) is 5.78 Å². The van der Waals surface area contributed by atoms with E-state index in [9.17, 15) is 10.1 Å². The first-order valence-corrected chi connectivity index (χ1v) is 10.9. The molecule has 0 atom stereocenters. The fourth-order valence-electron chi connectivity index (χ4n) is 3.39. The second kappa shape index (κ2) is 11.3. The third-order valence-electron chi connectivity index (χ3n) is 5.16. The third-order valence-corrected chi connectivity index (χ3v) is 5.16. The Morgan fingerprint density at radius 3 is 1.88 bits per heavy atom. The number of benzene rings is 4. The van der Waals surface area contributed by atoms with Crippen LogP contribution in [0.1, 0.15) is 27.0 Å². The van der Waals surface area contributed by atoms with E-state index in [-0.39, 0.29) is 11.1 Å². The number of ether oxygens (including phenoxy) is 2. The van der Waals surface area contributed by atoms with E-state index in [0.717, 1.165) is 16.7 Å². The SMILES string of the molecule is N#C/C(=C/c1ccccc1)C(=O)c1cc(OCc2ccccc2)ccc1OCc1ccccc1. The molecule has 0 bridgehead atoms. The van der Waals surface area contributed by atoms with E-state index >= 15 is 0 Å². The maximum absolute atomic E-state index is 13.4. The van der Waals surface area contributed by atoms with Gasteiger partial charge in [-0.1, -0.05) is 91.0 Å². The standard InChI is InChI=1S/C30H23NO3/c31-20-26(18-23-10-4-1-5-11-23)30(32)28-19-27(33-21-24-12-6-2-7-13-24)16-17-29(28)34-22-25-14-8-3-9-15-25/h1-19H,21-22H2/b26-18-. The maximum atomic E-state index is 13.4. The maximum Gasteiger partial charge on any atom is 0.207 e. The average Bonchev–Trinajstić information content (AvgIpc) is 2.91. The molecular weight excluding hydrogens is 422 g/mol. The highest BCUT2D eigenvalue weighted by Gasteiger charge is 2.19. The molecule has 4 nitrogen and oxygen atoms in total. The van der Waals surface area contributed by atoms with E-state index in [4.69, 9.17) is 9.47 Å². The van der Waals surface area contributed by atoms with Crippen LogP contribution in [0, 0.1) is 11.3 Å². The summed E-state index contributed by atoms with van der Waals surface area (Å²) < 4.78 is 11.9. The van der Waals surface area contributed by atoms with Gasteiger partial charge in [0, 0.05) is 0 Å². The molecule has 4 aromatic carbocycles. The van der Waals surface area contributed by atoms with E-state index in [0.29, 0.717) is 24.7 Å². The molecule has 166 valence electrons. The number of nitrogens with zero attached hydrogens (tertiary/aromatic N) is 1. The summed E-state index contributed by atoms with van der Waals surface area (Å²) >= 11 is 0. The van der Waals surface area contributed by atoms with E-state index in [1.54, 1.807) is 24.3 Å². The summed E-state index contributed by atoms with van der Waals surface area (Å²) in [7, 11) is 0. The molecule has 0 aliphatic heterocycles. The highest BCUT2D eigenvalue weighted by Crippen LogP contribution is 2.28. The lowest BCUT2D eigenvalue weighted by Crippen LogP contribution is -2.07. The predicted octanol–water partition coefficient (Wildman–Crippen LogP) is 6.63. The lowest BCUT2D eigenvalue weighted by molar-refractivity contribution is 0.103. The third kappa shape index (κ3) is 5.99. The summed E-state index contributed by atoms with van der Waals surface area (Å²) in [6.45, 7) is 0.666. The molecule has 0 saturated carbocycles. The zero-order valence-corrected chi connectivity index (χ0v) is 18.6. The first-order valence-electron chi connectivity index (χ1n) is 10.9. The number of allylic oxidation sites excluding steroid dienone is 1. The molecule has 0 aliphatic rings. The lowest BCUT2D eigenvalue weighted by atomic mass is 10.0. The van der Waals surface area contributed by atoms with Crippen LogP contribution in [0.2, 0.25) is 0 Å². The molecule has 0 unspecified atom stereocenters. The van der Waals surface area contributed by atoms with Gasteiger partial charge in [0.1, 0.15) is 36.4 Å². The molecule has 0 heterocycles. The van der Waals surface area contributed by atoms with Crippen LogP contribution >= 0.6 is 0 Å². The Labute approximate surface area is 199 Å². The van der Waals surface area contributed by atoms with Gasteiger partial charge in [-0.3, -0.25) is 4.79 Å². The minimum atomic E-state index is -0.417. The van der Waals surface area contributed by atoms with Gasteiger partial charge in [-0.25, -0.2) is 0 Å². The summed E-state index contributed by atoms with van der Waals surface area (Å²) in [5.41, 5.74) is 3.07. The van der Waals surface area contributed by atoms with Crippen LogP contribution < -0.4 is 9.47 Å². The molecule has 4 rings (SSSR count). The molecule has 0 fully saturated rings. The highest BCUT2D eigenvalue weighted by molar-refractivity contribution is 6.15. The predicted molar refractivity (Wildman–Crippen MR) is 132 cm³/mol. The van der Waals surface area contributed by atoms with E-state index in [1.807, 2.05) is 97.1 Å². The monoisotopic (exact) mass is 445 g/mol. The van der Waals surface area contributed by atoms with E-state index in [2.05, 4.69) is 0 Å². The first kappa shape index (κ1) is 22.6. The van der Waals surface area contributed by atoms with Crippen molar-refractivity contribution in [3.05, 3.63) is 137 Å². The van der Waals surface area contributed by atoms with E-state index in [1.165, 1.54) is 0 Å². The summed E-state index contributed by atoms with van der Waals surface area (Å²) in [6.07, 6.45) is 1.58. The van der Waals surface area contributed by atoms with E-state index < -0.39 is 5.78 Å². The van der Waals surface area contributed by atoms with Gasteiger partial charge < -0.3 is 9.47 Å². The number of carbonyl (C=O) groups is 1. The normalized spacial score (nSPS) is 10.9. The topological polar surface area (TPSA) is 59.3 Å². The van der Waals surface area contributed by atoms with Crippen LogP contribution in [-0.4, -0.2) is 5.78 Å². The van der Waals surface area contributed by atoms with Crippen molar-refractivity contribution in [1.82, 2.24) is 0 Å². The second-order valence-electron chi connectivity index (χ2n) is 7.62. The quantitative estimate of drug-likeness (QED) is 0.165. The molecule has 0 amide bonds. The highest BCUT2D eigenvalue weighted by atomic mass is 16.5. The number of rotatable bonds is 9. The number of nitriles is 1. The molecule has 34 heavy (non-hydrogen) atoms. The Morgan fingerprint density at radius 1 is 0.735 bits per heavy atom. The first-order chi connectivity index (χ1) is 16.7. The summed E-state index contributed by atoms with van der Waals surface area (Å²) in [4.78, 5) is 13.4. The molecule has 0 radical (unpaired) electrons. The van der Waals surface area contributed by atoms with Gasteiger partial charge in [0.05, 0.1) is 5.56 Å². The van der Waals surface area contributed by atoms with Crippen molar-refractivity contribution in [3.8, 4) is 17.6 Å². The number of carbonyl (C=O) groups excluding carboxylic acids is 1. The van der Waals surface area contributed by atoms with Crippen LogP contribution in [-0.2, 0) is 13.2 Å². The van der Waals surface area contributed by atoms with Crippen LogP contribution in [0.25, 0.3) is 6.08 Å². The zero-order valence-electron chi connectivity index (χ0n) is 18.6. The number of hydrogen-bond acceptors (Lipinski definition) is 4. The van der Waals surface area contributed by atoms with Crippen molar-refractivity contribution in [2.24, 2.45) is 0 Å². The number of hydrogen-bond donors (Lipinski definition) is 0. The van der Waals surface area contributed by atoms with Crippen molar-refractivity contribution in [2.75, 3.05) is 0 Å². The Morgan fingerprint density at radius 2 is 1.29 bits per heavy atom. The smallest absolute Gasteiger partial charge is 0.207 e. The van der Waals surface area contributed by atoms with Gasteiger partial charge in [0.15, 0.2) is 0 Å². The van der Waals surface area contributed by atoms with Crippen molar-refractivity contribution in [2.45, 2.75) is 13.2 Å². The summed E-state index contributed by atoms with van der Waals surface area (Å²) in [5, 5.41) is 9.73. The summed E-state index contributed by atoms with van der Waals surface area (Å²) in [6, 6.07) is 35.9. The van der Waals surface area contributed by atoms with Crippen LogP contribution in [0.3, 0.4) is 0 Å². The minimum absolute atomic E-state index is 0.0240. The zero-order chi connectivity index (χ0) is 23.6. The molecule has 0 aliphatic carbocycles. The molecule has 0 N–H and O–H groups in total.